The molecule has 5 aromatic carbocycles. The van der Waals surface area contributed by atoms with Gasteiger partial charge in [0.15, 0.2) is 0 Å². The molecule has 0 saturated heterocycles. The predicted octanol–water partition coefficient (Wildman–Crippen LogP) is 10.6. The molecule has 4 heterocycles. The zero-order valence-corrected chi connectivity index (χ0v) is 24.0. The molecular formula is C38H32N2. The largest absolute Gasteiger partial charge is 0.308 e. The van der Waals surface area contributed by atoms with Crippen LogP contribution in [0.3, 0.4) is 0 Å². The molecule has 0 spiro atoms. The van der Waals surface area contributed by atoms with E-state index in [1.165, 1.54) is 87.3 Å². The van der Waals surface area contributed by atoms with Crippen molar-refractivity contribution in [3.8, 4) is 0 Å². The van der Waals surface area contributed by atoms with Crippen LogP contribution in [0.1, 0.15) is 52.7 Å². The fraction of sp³-hybridized carbons (Fsp3) is 0.211. The molecule has 0 amide bonds. The molecule has 40 heavy (non-hydrogen) atoms. The number of hydrogen-bond acceptors (Lipinski definition) is 0. The summed E-state index contributed by atoms with van der Waals surface area (Å²) in [5.41, 5.74) is 10.9. The zero-order chi connectivity index (χ0) is 27.3. The molecule has 9 rings (SSSR count). The minimum absolute atomic E-state index is 0.117. The van der Waals surface area contributed by atoms with Crippen molar-refractivity contribution in [2.24, 2.45) is 0 Å². The first-order valence-corrected chi connectivity index (χ1v) is 14.5. The van der Waals surface area contributed by atoms with Crippen LogP contribution in [-0.4, -0.2) is 8.80 Å². The predicted molar refractivity (Wildman–Crippen MR) is 173 cm³/mol. The van der Waals surface area contributed by atoms with E-state index in [-0.39, 0.29) is 10.8 Å². The lowest BCUT2D eigenvalue weighted by Crippen LogP contribution is -2.10. The first-order valence-electron chi connectivity index (χ1n) is 14.5. The molecule has 0 aliphatic rings. The number of aromatic nitrogens is 2. The number of rotatable bonds is 0. The third-order valence-corrected chi connectivity index (χ3v) is 9.48. The highest BCUT2D eigenvalue weighted by Crippen LogP contribution is 2.45. The summed E-state index contributed by atoms with van der Waals surface area (Å²) in [5, 5.41) is 10.7. The van der Waals surface area contributed by atoms with Crippen LogP contribution >= 0.6 is 0 Å². The average Bonchev–Trinajstić information content (AvgIpc) is 3.63. The summed E-state index contributed by atoms with van der Waals surface area (Å²) in [6.45, 7) is 13.8. The lowest BCUT2D eigenvalue weighted by atomic mass is 9.86. The van der Waals surface area contributed by atoms with Crippen molar-refractivity contribution in [3.63, 3.8) is 0 Å². The molecule has 0 radical (unpaired) electrons. The molecule has 0 fully saturated rings. The quantitative estimate of drug-likeness (QED) is 0.189. The van der Waals surface area contributed by atoms with Crippen molar-refractivity contribution in [1.82, 2.24) is 8.80 Å². The molecule has 2 heteroatoms. The monoisotopic (exact) mass is 516 g/mol. The van der Waals surface area contributed by atoms with E-state index in [9.17, 15) is 0 Å². The zero-order valence-electron chi connectivity index (χ0n) is 24.0. The van der Waals surface area contributed by atoms with Gasteiger partial charge in [0, 0.05) is 43.1 Å². The van der Waals surface area contributed by atoms with Crippen LogP contribution in [0.2, 0.25) is 0 Å². The molecule has 2 nitrogen and oxygen atoms in total. The number of hydrogen-bond donors (Lipinski definition) is 0. The van der Waals surface area contributed by atoms with Crippen molar-refractivity contribution < 1.29 is 0 Å². The second-order valence-electron chi connectivity index (χ2n) is 13.9. The molecule has 0 N–H and O–H groups in total. The Morgan fingerprint density at radius 1 is 0.375 bits per heavy atom. The lowest BCUT2D eigenvalue weighted by Gasteiger charge is -2.19. The summed E-state index contributed by atoms with van der Waals surface area (Å²) in [6.07, 6.45) is 0. The first kappa shape index (κ1) is 22.5. The van der Waals surface area contributed by atoms with Gasteiger partial charge in [0.05, 0.1) is 33.1 Å². The van der Waals surface area contributed by atoms with Crippen LogP contribution in [0.15, 0.2) is 84.9 Å². The summed E-state index contributed by atoms with van der Waals surface area (Å²) in [4.78, 5) is 0. The van der Waals surface area contributed by atoms with Gasteiger partial charge in [0.1, 0.15) is 0 Å². The molecule has 0 bridgehead atoms. The van der Waals surface area contributed by atoms with Gasteiger partial charge in [-0.05, 0) is 58.4 Å². The highest BCUT2D eigenvalue weighted by molar-refractivity contribution is 6.28. The second-order valence-corrected chi connectivity index (χ2v) is 13.9. The lowest BCUT2D eigenvalue weighted by molar-refractivity contribution is 0.591. The second kappa shape index (κ2) is 6.88. The van der Waals surface area contributed by atoms with E-state index in [4.69, 9.17) is 0 Å². The molecule has 0 aliphatic heterocycles. The smallest absolute Gasteiger partial charge is 0.0620 e. The summed E-state index contributed by atoms with van der Waals surface area (Å²) >= 11 is 0. The van der Waals surface area contributed by atoms with E-state index in [1.54, 1.807) is 0 Å². The summed E-state index contributed by atoms with van der Waals surface area (Å²) in [5.74, 6) is 0. The minimum atomic E-state index is 0.117. The fourth-order valence-corrected chi connectivity index (χ4v) is 7.38. The molecule has 9 aromatic rings. The third-order valence-electron chi connectivity index (χ3n) is 9.48. The molecule has 0 aliphatic carbocycles. The molecule has 0 atom stereocenters. The Kier molecular flexibility index (Phi) is 3.87. The van der Waals surface area contributed by atoms with Crippen LogP contribution in [-0.2, 0) is 10.8 Å². The maximum atomic E-state index is 2.52. The summed E-state index contributed by atoms with van der Waals surface area (Å²) in [6, 6.07) is 32.8. The van der Waals surface area contributed by atoms with Crippen LogP contribution in [0.5, 0.6) is 0 Å². The Morgan fingerprint density at radius 3 is 1.07 bits per heavy atom. The molecule has 0 saturated carbocycles. The Labute approximate surface area is 233 Å². The van der Waals surface area contributed by atoms with Gasteiger partial charge in [0.25, 0.3) is 0 Å². The Balaban J connectivity index is 1.46. The van der Waals surface area contributed by atoms with Crippen molar-refractivity contribution in [2.75, 3.05) is 0 Å². The minimum Gasteiger partial charge on any atom is -0.308 e. The van der Waals surface area contributed by atoms with Gasteiger partial charge in [0.2, 0.25) is 0 Å². The molecule has 194 valence electrons. The van der Waals surface area contributed by atoms with Gasteiger partial charge in [-0.2, -0.15) is 0 Å². The standard InChI is InChI=1S/C38H32N2/c1-37(2,3)21-13-15-31-27(17-21)23-9-7-11-25-29-20-34-30(19-33(29)39(31)35(23)25)26-12-8-10-24-28-18-22(38(4,5)6)14-16-32(28)40(34)36(24)26/h7-20H,1-6H3. The Hall–Kier alpha value is -4.30. The van der Waals surface area contributed by atoms with Gasteiger partial charge in [-0.3, -0.25) is 0 Å². The molecular weight excluding hydrogens is 484 g/mol. The van der Waals surface area contributed by atoms with Crippen molar-refractivity contribution >= 4 is 76.2 Å². The van der Waals surface area contributed by atoms with E-state index in [2.05, 4.69) is 135 Å². The van der Waals surface area contributed by atoms with E-state index < -0.39 is 0 Å². The van der Waals surface area contributed by atoms with Crippen LogP contribution in [0, 0.1) is 0 Å². The van der Waals surface area contributed by atoms with Crippen molar-refractivity contribution in [2.45, 2.75) is 52.4 Å². The molecule has 4 aromatic heterocycles. The average molecular weight is 517 g/mol. The number of fused-ring (bicyclic) bond motifs is 12. The number of para-hydroxylation sites is 2. The number of benzene rings is 5. The third kappa shape index (κ3) is 2.60. The first-order chi connectivity index (χ1) is 19.1. The normalized spacial score (nSPS) is 13.8. The highest BCUT2D eigenvalue weighted by Gasteiger charge is 2.24. The summed E-state index contributed by atoms with van der Waals surface area (Å²) in [7, 11) is 0. The van der Waals surface area contributed by atoms with Gasteiger partial charge in [-0.15, -0.1) is 0 Å². The summed E-state index contributed by atoms with van der Waals surface area (Å²) < 4.78 is 5.03. The van der Waals surface area contributed by atoms with E-state index in [1.807, 2.05) is 0 Å². The number of nitrogens with zero attached hydrogens (tertiary/aromatic N) is 2. The van der Waals surface area contributed by atoms with Gasteiger partial charge >= 0.3 is 0 Å². The van der Waals surface area contributed by atoms with E-state index in [0.717, 1.165) is 0 Å². The fourth-order valence-electron chi connectivity index (χ4n) is 7.38. The van der Waals surface area contributed by atoms with Crippen LogP contribution < -0.4 is 0 Å². The topological polar surface area (TPSA) is 8.82 Å². The van der Waals surface area contributed by atoms with Gasteiger partial charge in [-0.25, -0.2) is 0 Å². The van der Waals surface area contributed by atoms with Gasteiger partial charge < -0.3 is 8.80 Å². The molecule has 0 unspecified atom stereocenters. The Morgan fingerprint density at radius 2 is 0.725 bits per heavy atom. The van der Waals surface area contributed by atoms with Crippen LogP contribution in [0.4, 0.5) is 0 Å². The van der Waals surface area contributed by atoms with Crippen molar-refractivity contribution in [1.29, 1.82) is 0 Å². The van der Waals surface area contributed by atoms with Gasteiger partial charge in [-0.1, -0.05) is 90.1 Å². The van der Waals surface area contributed by atoms with E-state index >= 15 is 0 Å². The van der Waals surface area contributed by atoms with Crippen LogP contribution in [0.25, 0.3) is 76.2 Å². The highest BCUT2D eigenvalue weighted by atomic mass is 14.9. The van der Waals surface area contributed by atoms with E-state index in [0.29, 0.717) is 0 Å². The maximum Gasteiger partial charge on any atom is 0.0620 e. The Bertz CT molecular complexity index is 2310. The maximum absolute atomic E-state index is 2.52. The van der Waals surface area contributed by atoms with Crippen molar-refractivity contribution in [3.05, 3.63) is 96.1 Å². The SMILES string of the molecule is CC(C)(C)c1ccc2c(c1)c1cccc3c4cc5c(cc4n2c13)c1cccc2c3cc(C(C)(C)C)ccc3n5c21.